The van der Waals surface area contributed by atoms with Gasteiger partial charge in [0.25, 0.3) is 0 Å². The van der Waals surface area contributed by atoms with Crippen molar-refractivity contribution < 1.29 is 23.3 Å². The molecule has 0 spiro atoms. The molecule has 1 aliphatic rings. The first-order valence-corrected chi connectivity index (χ1v) is 6.23. The topological polar surface area (TPSA) is 36.9 Å². The van der Waals surface area contributed by atoms with Crippen LogP contribution in [-0.4, -0.2) is 45.5 Å². The van der Waals surface area contributed by atoms with E-state index in [0.717, 1.165) is 5.56 Å². The molecule has 5 heteroatoms. The molecule has 0 unspecified atom stereocenters. The molecule has 1 fully saturated rings. The third-order valence-corrected chi connectivity index (χ3v) is 3.09. The molecule has 19 heavy (non-hydrogen) atoms. The lowest BCUT2D eigenvalue weighted by atomic mass is 10.1. The highest BCUT2D eigenvalue weighted by Crippen LogP contribution is 2.28. The molecule has 0 saturated carbocycles. The summed E-state index contributed by atoms with van der Waals surface area (Å²) in [5.41, 5.74) is 0.986. The predicted octanol–water partition coefficient (Wildman–Crippen LogP) is 1.93. The molecule has 0 N–H and O–H groups in total. The number of ether oxygens (including phenoxy) is 4. The van der Waals surface area contributed by atoms with E-state index < -0.39 is 24.7 Å². The molecule has 1 aliphatic heterocycles. The molecule has 106 valence electrons. The van der Waals surface area contributed by atoms with Crippen molar-refractivity contribution in [2.45, 2.75) is 31.3 Å². The molecule has 4 nitrogen and oxygen atoms in total. The SMILES string of the molecule is COC[C@H]1O[C@H](OC)[C@H](OCc2ccccc2)[C@@H]1F. The minimum absolute atomic E-state index is 0.187. The molecule has 1 heterocycles. The largest absolute Gasteiger partial charge is 0.382 e. The van der Waals surface area contributed by atoms with Crippen LogP contribution in [0.5, 0.6) is 0 Å². The van der Waals surface area contributed by atoms with Crippen molar-refractivity contribution in [3.63, 3.8) is 0 Å². The maximum atomic E-state index is 14.2. The molecular weight excluding hydrogens is 251 g/mol. The zero-order chi connectivity index (χ0) is 13.7. The zero-order valence-electron chi connectivity index (χ0n) is 11.1. The van der Waals surface area contributed by atoms with E-state index in [9.17, 15) is 4.39 Å². The van der Waals surface area contributed by atoms with E-state index in [-0.39, 0.29) is 6.61 Å². The first kappa shape index (κ1) is 14.4. The Balaban J connectivity index is 1.94. The van der Waals surface area contributed by atoms with Gasteiger partial charge in [-0.25, -0.2) is 4.39 Å². The van der Waals surface area contributed by atoms with Crippen LogP contribution < -0.4 is 0 Å². The number of hydrogen-bond donors (Lipinski definition) is 0. The standard InChI is InChI=1S/C14H19FO4/c1-16-9-11-12(15)13(14(17-2)19-11)18-8-10-6-4-3-5-7-10/h3-7,11-14H,8-9H2,1-2H3/t11-,12-,13-,14+/m1/s1. The normalized spacial score (nSPS) is 30.7. The Morgan fingerprint density at radius 3 is 2.58 bits per heavy atom. The van der Waals surface area contributed by atoms with Gasteiger partial charge in [0.15, 0.2) is 12.5 Å². The summed E-state index contributed by atoms with van der Waals surface area (Å²) in [6, 6.07) is 9.61. The fourth-order valence-electron chi connectivity index (χ4n) is 2.11. The van der Waals surface area contributed by atoms with Gasteiger partial charge in [-0.15, -0.1) is 0 Å². The molecular formula is C14H19FO4. The number of benzene rings is 1. The number of alkyl halides is 1. The van der Waals surface area contributed by atoms with Crippen molar-refractivity contribution in [3.8, 4) is 0 Å². The van der Waals surface area contributed by atoms with E-state index in [1.807, 2.05) is 30.3 Å². The average Bonchev–Trinajstić information content (AvgIpc) is 2.74. The number of halogens is 1. The second kappa shape index (κ2) is 6.96. The van der Waals surface area contributed by atoms with Crippen molar-refractivity contribution >= 4 is 0 Å². The monoisotopic (exact) mass is 270 g/mol. The van der Waals surface area contributed by atoms with Crippen LogP contribution in [0.4, 0.5) is 4.39 Å². The predicted molar refractivity (Wildman–Crippen MR) is 67.5 cm³/mol. The number of rotatable bonds is 6. The first-order chi connectivity index (χ1) is 9.26. The second-order valence-electron chi connectivity index (χ2n) is 4.44. The maximum absolute atomic E-state index is 14.2. The summed E-state index contributed by atoms with van der Waals surface area (Å²) in [6.45, 7) is 0.515. The summed E-state index contributed by atoms with van der Waals surface area (Å²) in [5.74, 6) is 0. The quantitative estimate of drug-likeness (QED) is 0.791. The van der Waals surface area contributed by atoms with E-state index in [4.69, 9.17) is 18.9 Å². The summed E-state index contributed by atoms with van der Waals surface area (Å²) in [5, 5.41) is 0. The fraction of sp³-hybridized carbons (Fsp3) is 0.571. The summed E-state index contributed by atoms with van der Waals surface area (Å²) in [7, 11) is 2.99. The van der Waals surface area contributed by atoms with Crippen molar-refractivity contribution in [2.24, 2.45) is 0 Å². The highest BCUT2D eigenvalue weighted by atomic mass is 19.1. The highest BCUT2D eigenvalue weighted by molar-refractivity contribution is 5.13. The number of hydrogen-bond acceptors (Lipinski definition) is 4. The zero-order valence-corrected chi connectivity index (χ0v) is 11.1. The van der Waals surface area contributed by atoms with Gasteiger partial charge < -0.3 is 18.9 Å². The molecule has 1 aromatic rings. The second-order valence-corrected chi connectivity index (χ2v) is 4.44. The fourth-order valence-corrected chi connectivity index (χ4v) is 2.11. The Kier molecular flexibility index (Phi) is 5.27. The minimum Gasteiger partial charge on any atom is -0.382 e. The van der Waals surface area contributed by atoms with Crippen molar-refractivity contribution in [1.29, 1.82) is 0 Å². The molecule has 1 aromatic carbocycles. The molecule has 0 aromatic heterocycles. The summed E-state index contributed by atoms with van der Waals surface area (Å²) in [4.78, 5) is 0. The van der Waals surface area contributed by atoms with Crippen LogP contribution >= 0.6 is 0 Å². The minimum atomic E-state index is -1.26. The number of methoxy groups -OCH3 is 2. The van der Waals surface area contributed by atoms with Crippen LogP contribution in [0, 0.1) is 0 Å². The molecule has 0 amide bonds. The van der Waals surface area contributed by atoms with Gasteiger partial charge in [-0.05, 0) is 5.56 Å². The van der Waals surface area contributed by atoms with E-state index in [0.29, 0.717) is 6.61 Å². The van der Waals surface area contributed by atoms with E-state index in [2.05, 4.69) is 0 Å². The molecule has 4 atom stereocenters. The van der Waals surface area contributed by atoms with Gasteiger partial charge in [0.05, 0.1) is 13.2 Å². The van der Waals surface area contributed by atoms with Gasteiger partial charge in [-0.3, -0.25) is 0 Å². The lowest BCUT2D eigenvalue weighted by molar-refractivity contribution is -0.168. The van der Waals surface area contributed by atoms with Crippen LogP contribution in [0.2, 0.25) is 0 Å². The van der Waals surface area contributed by atoms with Crippen molar-refractivity contribution in [1.82, 2.24) is 0 Å². The lowest BCUT2D eigenvalue weighted by Gasteiger charge is -2.18. The first-order valence-electron chi connectivity index (χ1n) is 6.23. The third-order valence-electron chi connectivity index (χ3n) is 3.09. The van der Waals surface area contributed by atoms with E-state index in [1.165, 1.54) is 14.2 Å². The molecule has 1 saturated heterocycles. The van der Waals surface area contributed by atoms with Gasteiger partial charge >= 0.3 is 0 Å². The Hall–Kier alpha value is -1.01. The highest BCUT2D eigenvalue weighted by Gasteiger charge is 2.46. The molecule has 0 aliphatic carbocycles. The Labute approximate surface area is 112 Å². The van der Waals surface area contributed by atoms with Gasteiger partial charge in [0, 0.05) is 14.2 Å². The van der Waals surface area contributed by atoms with Crippen LogP contribution in [0.3, 0.4) is 0 Å². The van der Waals surface area contributed by atoms with Gasteiger partial charge in [0.1, 0.15) is 12.2 Å². The Morgan fingerprint density at radius 1 is 1.21 bits per heavy atom. The molecule has 0 bridgehead atoms. The van der Waals surface area contributed by atoms with Crippen molar-refractivity contribution in [3.05, 3.63) is 35.9 Å². The summed E-state index contributed by atoms with van der Waals surface area (Å²) >= 11 is 0. The molecule has 0 radical (unpaired) electrons. The Morgan fingerprint density at radius 2 is 1.95 bits per heavy atom. The van der Waals surface area contributed by atoms with Crippen LogP contribution in [0.1, 0.15) is 5.56 Å². The van der Waals surface area contributed by atoms with Crippen LogP contribution in [-0.2, 0) is 25.6 Å². The summed E-state index contributed by atoms with van der Waals surface area (Å²) in [6.07, 6.45) is -3.33. The molecule has 2 rings (SSSR count). The van der Waals surface area contributed by atoms with Gasteiger partial charge in [-0.1, -0.05) is 30.3 Å². The summed E-state index contributed by atoms with van der Waals surface area (Å²) < 4.78 is 35.2. The van der Waals surface area contributed by atoms with Gasteiger partial charge in [-0.2, -0.15) is 0 Å². The smallest absolute Gasteiger partial charge is 0.186 e. The lowest BCUT2D eigenvalue weighted by Crippen LogP contribution is -2.34. The maximum Gasteiger partial charge on any atom is 0.186 e. The van der Waals surface area contributed by atoms with Crippen LogP contribution in [0.25, 0.3) is 0 Å². The van der Waals surface area contributed by atoms with Crippen LogP contribution in [0.15, 0.2) is 30.3 Å². The van der Waals surface area contributed by atoms with E-state index >= 15 is 0 Å². The average molecular weight is 270 g/mol. The van der Waals surface area contributed by atoms with Gasteiger partial charge in [0.2, 0.25) is 0 Å². The third kappa shape index (κ3) is 3.51. The van der Waals surface area contributed by atoms with Crippen molar-refractivity contribution in [2.75, 3.05) is 20.8 Å². The Bertz CT molecular complexity index is 373. The van der Waals surface area contributed by atoms with E-state index in [1.54, 1.807) is 0 Å².